The molecule has 0 amide bonds. The molecule has 1 atom stereocenters. The highest BCUT2D eigenvalue weighted by Gasteiger charge is 2.30. The Morgan fingerprint density at radius 3 is 1.38 bits per heavy atom. The Balaban J connectivity index is 1.14. The van der Waals surface area contributed by atoms with Gasteiger partial charge in [0.1, 0.15) is 11.6 Å². The van der Waals surface area contributed by atoms with E-state index in [1.807, 2.05) is 48.5 Å². The van der Waals surface area contributed by atoms with Crippen LogP contribution < -0.4 is 4.90 Å². The first-order valence-corrected chi connectivity index (χ1v) is 24.7. The molecule has 346 valence electrons. The Morgan fingerprint density at radius 1 is 0.361 bits per heavy atom. The second kappa shape index (κ2) is 18.3. The van der Waals surface area contributed by atoms with Crippen LogP contribution in [0.5, 0.6) is 0 Å². The van der Waals surface area contributed by atoms with Crippen LogP contribution >= 0.6 is 0 Å². The van der Waals surface area contributed by atoms with Crippen LogP contribution in [-0.2, 0) is 0 Å². The molecule has 0 aromatic heterocycles. The molecule has 0 fully saturated rings. The van der Waals surface area contributed by atoms with Gasteiger partial charge < -0.3 is 4.90 Å². The molecule has 12 aromatic carbocycles. The van der Waals surface area contributed by atoms with Crippen molar-refractivity contribution in [3.63, 3.8) is 0 Å². The molecule has 0 saturated carbocycles. The maximum absolute atomic E-state index is 17.6. The summed E-state index contributed by atoms with van der Waals surface area (Å²) in [4.78, 5) is 2.11. The first-order valence-electron chi connectivity index (χ1n) is 24.7. The molecule has 1 nitrogen and oxygen atoms in total. The van der Waals surface area contributed by atoms with E-state index in [2.05, 4.69) is 202 Å². The number of halogens is 2. The number of para-hydroxylation sites is 1. The van der Waals surface area contributed by atoms with Crippen molar-refractivity contribution < 1.29 is 8.78 Å². The van der Waals surface area contributed by atoms with Gasteiger partial charge in [0.25, 0.3) is 0 Å². The fourth-order valence-corrected chi connectivity index (χ4v) is 11.0. The van der Waals surface area contributed by atoms with Crippen LogP contribution in [0.15, 0.2) is 231 Å². The van der Waals surface area contributed by atoms with Crippen molar-refractivity contribution in [1.29, 1.82) is 0 Å². The van der Waals surface area contributed by atoms with Gasteiger partial charge in [-0.25, -0.2) is 8.78 Å². The van der Waals surface area contributed by atoms with Gasteiger partial charge in [-0.15, -0.1) is 0 Å². The Labute approximate surface area is 420 Å². The molecule has 1 unspecified atom stereocenters. The first-order chi connectivity index (χ1) is 35.2. The fourth-order valence-electron chi connectivity index (χ4n) is 11.0. The molecular formula is C69H51F2N. The maximum atomic E-state index is 17.6. The van der Waals surface area contributed by atoms with Gasteiger partial charge in [-0.2, -0.15) is 0 Å². The topological polar surface area (TPSA) is 3.24 Å². The van der Waals surface area contributed by atoms with Crippen LogP contribution in [-0.4, -0.2) is 0 Å². The minimum absolute atomic E-state index is 0.263. The normalized spacial score (nSPS) is 12.0. The predicted octanol–water partition coefficient (Wildman–Crippen LogP) is 19.4. The number of hydrogen-bond acceptors (Lipinski definition) is 1. The van der Waals surface area contributed by atoms with E-state index in [1.165, 1.54) is 0 Å². The van der Waals surface area contributed by atoms with Gasteiger partial charge in [0, 0.05) is 28.1 Å². The monoisotopic (exact) mass is 931 g/mol. The van der Waals surface area contributed by atoms with Crippen LogP contribution in [0.3, 0.4) is 0 Å². The van der Waals surface area contributed by atoms with Gasteiger partial charge in [0.05, 0.1) is 11.4 Å². The van der Waals surface area contributed by atoms with Crippen molar-refractivity contribution in [3.8, 4) is 44.5 Å². The lowest BCUT2D eigenvalue weighted by Crippen LogP contribution is -2.14. The molecule has 0 aliphatic carbocycles. The maximum Gasteiger partial charge on any atom is 0.147 e. The van der Waals surface area contributed by atoms with Crippen LogP contribution in [0.1, 0.15) is 44.9 Å². The molecule has 0 heterocycles. The predicted molar refractivity (Wildman–Crippen MR) is 299 cm³/mol. The lowest BCUT2D eigenvalue weighted by Gasteiger charge is -2.31. The summed E-state index contributed by atoms with van der Waals surface area (Å²) in [5, 5.41) is 6.29. The van der Waals surface area contributed by atoms with E-state index in [0.29, 0.717) is 11.3 Å². The van der Waals surface area contributed by atoms with Gasteiger partial charge in [0.2, 0.25) is 0 Å². The number of rotatable bonds is 10. The molecule has 72 heavy (non-hydrogen) atoms. The number of aryl methyl sites for hydroxylation is 4. The third-order valence-corrected chi connectivity index (χ3v) is 14.6. The lowest BCUT2D eigenvalue weighted by atomic mass is 9.76. The average molecular weight is 932 g/mol. The van der Waals surface area contributed by atoms with Crippen molar-refractivity contribution in [1.82, 2.24) is 0 Å². The number of hydrogen-bond donors (Lipinski definition) is 0. The van der Waals surface area contributed by atoms with Gasteiger partial charge in [-0.3, -0.25) is 0 Å². The summed E-state index contributed by atoms with van der Waals surface area (Å²) in [6, 6.07) is 79.0. The highest BCUT2D eigenvalue weighted by Crippen LogP contribution is 2.52. The second-order valence-corrected chi connectivity index (χ2v) is 19.3. The summed E-state index contributed by atoms with van der Waals surface area (Å²) in [6.07, 6.45) is 0. The second-order valence-electron chi connectivity index (χ2n) is 19.3. The van der Waals surface area contributed by atoms with Gasteiger partial charge in [-0.05, 0) is 135 Å². The minimum atomic E-state index is -0.492. The van der Waals surface area contributed by atoms with Gasteiger partial charge >= 0.3 is 0 Å². The Bertz CT molecular complexity index is 3670. The van der Waals surface area contributed by atoms with Crippen molar-refractivity contribution in [3.05, 3.63) is 281 Å². The highest BCUT2D eigenvalue weighted by atomic mass is 19.1. The van der Waals surface area contributed by atoms with E-state index < -0.39 is 5.92 Å². The Hall–Kier alpha value is -8.66. The molecule has 0 aliphatic rings. The average Bonchev–Trinajstić information content (AvgIpc) is 3.41. The quantitative estimate of drug-likeness (QED) is 0.0976. The van der Waals surface area contributed by atoms with Crippen molar-refractivity contribution in [2.45, 2.75) is 33.6 Å². The summed E-state index contributed by atoms with van der Waals surface area (Å²) in [5.41, 5.74) is 16.9. The van der Waals surface area contributed by atoms with E-state index in [-0.39, 0.29) is 11.6 Å². The number of nitrogens with zero attached hydrogens (tertiary/aromatic N) is 1. The van der Waals surface area contributed by atoms with Crippen LogP contribution in [0, 0.1) is 39.3 Å². The third kappa shape index (κ3) is 7.79. The van der Waals surface area contributed by atoms with Crippen molar-refractivity contribution in [2.24, 2.45) is 0 Å². The fraction of sp³-hybridized carbons (Fsp3) is 0.0725. The Kier molecular flexibility index (Phi) is 11.3. The van der Waals surface area contributed by atoms with Crippen LogP contribution in [0.25, 0.3) is 76.8 Å². The van der Waals surface area contributed by atoms with Gasteiger partial charge in [0.15, 0.2) is 0 Å². The van der Waals surface area contributed by atoms with E-state index in [1.54, 1.807) is 12.1 Å². The lowest BCUT2D eigenvalue weighted by molar-refractivity contribution is 0.608. The Morgan fingerprint density at radius 2 is 0.806 bits per heavy atom. The molecule has 12 aromatic rings. The van der Waals surface area contributed by atoms with Crippen molar-refractivity contribution >= 4 is 49.4 Å². The van der Waals surface area contributed by atoms with E-state index in [9.17, 15) is 0 Å². The molecule has 3 heteroatoms. The molecule has 12 rings (SSSR count). The van der Waals surface area contributed by atoms with Crippen molar-refractivity contribution in [2.75, 3.05) is 4.90 Å². The molecule has 0 aliphatic heterocycles. The van der Waals surface area contributed by atoms with Crippen LogP contribution in [0.2, 0.25) is 0 Å². The molecule has 0 N–H and O–H groups in total. The molecule has 0 saturated heterocycles. The zero-order valence-corrected chi connectivity index (χ0v) is 40.7. The third-order valence-electron chi connectivity index (χ3n) is 14.6. The molecule has 0 spiro atoms. The van der Waals surface area contributed by atoms with E-state index in [0.717, 1.165) is 122 Å². The highest BCUT2D eigenvalue weighted by molar-refractivity contribution is 6.26. The standard InChI is InChI=1S/C69H51F2N/c1-43-15-23-47(24-16-43)55-38-40-60(70)68(63(55)50-27-19-45(3)20-28-50)65(49-11-7-5-8-12-49)58-36-31-51-33-37-59-62(42-34-52-32-35-57(58)64(51)66(52)59)72(54-13-9-6-10-14-54)69-61(71)41-39-56(48-25-17-44(2)18-26-48)67(69)53-29-21-46(4)22-30-53/h5-42,65H,1-4H3. The summed E-state index contributed by atoms with van der Waals surface area (Å²) in [5.74, 6) is -1.09. The van der Waals surface area contributed by atoms with E-state index >= 15 is 8.78 Å². The largest absolute Gasteiger partial charge is 0.307 e. The molecule has 0 bridgehead atoms. The zero-order valence-electron chi connectivity index (χ0n) is 40.7. The minimum Gasteiger partial charge on any atom is -0.307 e. The number of anilines is 3. The summed E-state index contributed by atoms with van der Waals surface area (Å²) >= 11 is 0. The molecule has 0 radical (unpaired) electrons. The van der Waals surface area contributed by atoms with E-state index in [4.69, 9.17) is 0 Å². The summed E-state index contributed by atoms with van der Waals surface area (Å²) in [7, 11) is 0. The summed E-state index contributed by atoms with van der Waals surface area (Å²) < 4.78 is 35.1. The number of benzene rings is 12. The van der Waals surface area contributed by atoms with Crippen LogP contribution in [0.4, 0.5) is 25.8 Å². The van der Waals surface area contributed by atoms with Gasteiger partial charge in [-0.1, -0.05) is 222 Å². The molecular weight excluding hydrogens is 881 g/mol. The SMILES string of the molecule is Cc1ccc(-c2ccc(F)c(C(c3ccccc3)c3ccc4ccc5c(N(c6ccccc6)c6c(F)ccc(-c7ccc(C)cc7)c6-c6ccc(C)cc6)ccc6ccc3c4c65)c2-c2ccc(C)cc2)cc1. The zero-order chi connectivity index (χ0) is 49.0. The summed E-state index contributed by atoms with van der Waals surface area (Å²) in [6.45, 7) is 8.34. The first kappa shape index (κ1) is 44.5. The smallest absolute Gasteiger partial charge is 0.147 e.